The molecule has 0 aliphatic carbocycles. The van der Waals surface area contributed by atoms with Crippen molar-refractivity contribution in [2.24, 2.45) is 10.9 Å². The van der Waals surface area contributed by atoms with Crippen LogP contribution in [0, 0.1) is 5.92 Å². The molecule has 2 aromatic carbocycles. The predicted molar refractivity (Wildman–Crippen MR) is 107 cm³/mol. The normalized spacial score (nSPS) is 22.3. The summed E-state index contributed by atoms with van der Waals surface area (Å²) in [6.07, 6.45) is 2.38. The number of sulfonamides is 1. The zero-order valence-electron chi connectivity index (χ0n) is 15.5. The number of nitrogens with one attached hydrogen (secondary N) is 1. The topological polar surface area (TPSA) is 61.8 Å². The summed E-state index contributed by atoms with van der Waals surface area (Å²) in [4.78, 5) is 7.51. The van der Waals surface area contributed by atoms with Crippen molar-refractivity contribution in [3.63, 3.8) is 0 Å². The van der Waals surface area contributed by atoms with Crippen LogP contribution >= 0.6 is 0 Å². The van der Waals surface area contributed by atoms with Crippen LogP contribution in [0.2, 0.25) is 0 Å². The molecule has 1 N–H and O–H groups in total. The molecule has 0 radical (unpaired) electrons. The maximum Gasteiger partial charge on any atom is 0.263 e. The number of rotatable bonds is 4. The second-order valence-corrected chi connectivity index (χ2v) is 9.09. The molecule has 2 heterocycles. The molecule has 4 rings (SSSR count). The molecule has 1 unspecified atom stereocenters. The first-order chi connectivity index (χ1) is 13.0. The Morgan fingerprint density at radius 3 is 2.48 bits per heavy atom. The Morgan fingerprint density at radius 1 is 1.07 bits per heavy atom. The number of hydrogen-bond donors (Lipinski definition) is 1. The van der Waals surface area contributed by atoms with Crippen LogP contribution in [0.1, 0.15) is 36.9 Å². The molecule has 0 saturated carbocycles. The van der Waals surface area contributed by atoms with Crippen molar-refractivity contribution in [2.45, 2.75) is 30.7 Å². The van der Waals surface area contributed by atoms with Crippen molar-refractivity contribution in [2.75, 3.05) is 19.6 Å². The third-order valence-electron chi connectivity index (χ3n) is 5.53. The number of aliphatic imine (C=N–C) groups is 1. The molecule has 27 heavy (non-hydrogen) atoms. The Balaban J connectivity index is 1.62. The Labute approximate surface area is 161 Å². The molecule has 0 bridgehead atoms. The van der Waals surface area contributed by atoms with E-state index in [0.29, 0.717) is 22.8 Å². The van der Waals surface area contributed by atoms with Crippen LogP contribution < -0.4 is 4.72 Å². The number of fused-ring (bicyclic) bond motifs is 1. The van der Waals surface area contributed by atoms with E-state index in [0.717, 1.165) is 19.0 Å². The van der Waals surface area contributed by atoms with Crippen LogP contribution in [-0.4, -0.2) is 38.8 Å². The molecule has 1 atom stereocenters. The maximum atomic E-state index is 12.3. The minimum atomic E-state index is -3.49. The van der Waals surface area contributed by atoms with E-state index in [9.17, 15) is 8.42 Å². The summed E-state index contributed by atoms with van der Waals surface area (Å²) in [5, 5.41) is 0. The van der Waals surface area contributed by atoms with Gasteiger partial charge in [0, 0.05) is 5.56 Å². The first-order valence-corrected chi connectivity index (χ1v) is 11.0. The summed E-state index contributed by atoms with van der Waals surface area (Å²) in [6, 6.07) is 17.6. The largest absolute Gasteiger partial charge is 0.294 e. The van der Waals surface area contributed by atoms with Crippen molar-refractivity contribution in [1.82, 2.24) is 9.62 Å². The van der Waals surface area contributed by atoms with E-state index in [1.807, 2.05) is 18.2 Å². The SMILES string of the molecule is CC1CCN(C(CN=C2NS(=O)(=O)c3ccccc32)c2ccccc2)CC1. The third kappa shape index (κ3) is 3.77. The molecule has 1 saturated heterocycles. The van der Waals surface area contributed by atoms with Gasteiger partial charge in [0.15, 0.2) is 0 Å². The monoisotopic (exact) mass is 383 g/mol. The van der Waals surface area contributed by atoms with Gasteiger partial charge in [-0.2, -0.15) is 0 Å². The molecular formula is C21H25N3O2S. The quantitative estimate of drug-likeness (QED) is 0.882. The van der Waals surface area contributed by atoms with Gasteiger partial charge in [0.2, 0.25) is 0 Å². The highest BCUT2D eigenvalue weighted by atomic mass is 32.2. The summed E-state index contributed by atoms with van der Waals surface area (Å²) in [6.45, 7) is 4.94. The standard InChI is InChI=1S/C21H25N3O2S/c1-16-11-13-24(14-12-16)19(17-7-3-2-4-8-17)15-22-21-18-9-5-6-10-20(18)27(25,26)23-21/h2-10,16,19H,11-15H2,1H3,(H,22,23). The lowest BCUT2D eigenvalue weighted by atomic mass is 9.96. The van der Waals surface area contributed by atoms with E-state index >= 15 is 0 Å². The predicted octanol–water partition coefficient (Wildman–Crippen LogP) is 3.20. The number of piperidine rings is 1. The molecule has 0 spiro atoms. The van der Waals surface area contributed by atoms with Gasteiger partial charge in [-0.25, -0.2) is 8.42 Å². The van der Waals surface area contributed by atoms with Crippen LogP contribution in [0.4, 0.5) is 0 Å². The maximum absolute atomic E-state index is 12.3. The molecule has 0 amide bonds. The van der Waals surface area contributed by atoms with Gasteiger partial charge in [-0.3, -0.25) is 14.6 Å². The molecule has 5 nitrogen and oxygen atoms in total. The average molecular weight is 384 g/mol. The fourth-order valence-electron chi connectivity index (χ4n) is 3.88. The fraction of sp³-hybridized carbons (Fsp3) is 0.381. The summed E-state index contributed by atoms with van der Waals surface area (Å²) in [5.74, 6) is 1.22. The van der Waals surface area contributed by atoms with Crippen molar-refractivity contribution in [3.05, 3.63) is 65.7 Å². The second-order valence-electron chi connectivity index (χ2n) is 7.44. The van der Waals surface area contributed by atoms with Gasteiger partial charge in [-0.15, -0.1) is 0 Å². The van der Waals surface area contributed by atoms with Gasteiger partial charge >= 0.3 is 0 Å². The highest BCUT2D eigenvalue weighted by Gasteiger charge is 2.31. The zero-order chi connectivity index (χ0) is 18.9. The van der Waals surface area contributed by atoms with Crippen LogP contribution in [0.25, 0.3) is 0 Å². The molecule has 2 aliphatic rings. The lowest BCUT2D eigenvalue weighted by molar-refractivity contribution is 0.141. The summed E-state index contributed by atoms with van der Waals surface area (Å²) in [7, 11) is -3.49. The number of amidine groups is 1. The van der Waals surface area contributed by atoms with Gasteiger partial charge in [-0.1, -0.05) is 49.4 Å². The Bertz CT molecular complexity index is 933. The second kappa shape index (κ2) is 7.44. The number of benzene rings is 2. The number of nitrogens with zero attached hydrogens (tertiary/aromatic N) is 2. The summed E-state index contributed by atoms with van der Waals surface area (Å²) >= 11 is 0. The molecular weight excluding hydrogens is 358 g/mol. The van der Waals surface area contributed by atoms with Gasteiger partial charge in [-0.05, 0) is 49.5 Å². The number of likely N-dealkylation sites (tertiary alicyclic amines) is 1. The Kier molecular flexibility index (Phi) is 5.02. The van der Waals surface area contributed by atoms with Crippen molar-refractivity contribution in [3.8, 4) is 0 Å². The van der Waals surface area contributed by atoms with E-state index in [1.54, 1.807) is 12.1 Å². The van der Waals surface area contributed by atoms with E-state index in [1.165, 1.54) is 18.4 Å². The molecule has 2 aromatic rings. The van der Waals surface area contributed by atoms with Crippen LogP contribution in [0.5, 0.6) is 0 Å². The average Bonchev–Trinajstić information content (AvgIpc) is 2.95. The van der Waals surface area contributed by atoms with E-state index < -0.39 is 10.0 Å². The molecule has 6 heteroatoms. The van der Waals surface area contributed by atoms with Crippen LogP contribution in [0.3, 0.4) is 0 Å². The third-order valence-corrected chi connectivity index (χ3v) is 6.93. The minimum Gasteiger partial charge on any atom is -0.294 e. The van der Waals surface area contributed by atoms with Crippen molar-refractivity contribution < 1.29 is 8.42 Å². The molecule has 142 valence electrons. The van der Waals surface area contributed by atoms with Gasteiger partial charge < -0.3 is 0 Å². The lowest BCUT2D eigenvalue weighted by Crippen LogP contribution is -2.37. The van der Waals surface area contributed by atoms with Crippen LogP contribution in [-0.2, 0) is 10.0 Å². The summed E-state index contributed by atoms with van der Waals surface area (Å²) < 4.78 is 27.2. The fourth-order valence-corrected chi connectivity index (χ4v) is 5.13. The highest BCUT2D eigenvalue weighted by Crippen LogP contribution is 2.28. The van der Waals surface area contributed by atoms with E-state index in [-0.39, 0.29) is 6.04 Å². The zero-order valence-corrected chi connectivity index (χ0v) is 16.3. The lowest BCUT2D eigenvalue weighted by Gasteiger charge is -2.36. The summed E-state index contributed by atoms with van der Waals surface area (Å²) in [5.41, 5.74) is 1.89. The van der Waals surface area contributed by atoms with Gasteiger partial charge in [0.05, 0.1) is 17.5 Å². The molecule has 0 aromatic heterocycles. The van der Waals surface area contributed by atoms with Crippen LogP contribution in [0.15, 0.2) is 64.5 Å². The highest BCUT2D eigenvalue weighted by molar-refractivity contribution is 7.90. The number of hydrogen-bond acceptors (Lipinski definition) is 4. The molecule has 2 aliphatic heterocycles. The first kappa shape index (κ1) is 18.2. The Morgan fingerprint density at radius 2 is 1.74 bits per heavy atom. The first-order valence-electron chi connectivity index (χ1n) is 9.50. The Hall–Kier alpha value is -2.18. The minimum absolute atomic E-state index is 0.156. The van der Waals surface area contributed by atoms with E-state index in [2.05, 4.69) is 40.8 Å². The van der Waals surface area contributed by atoms with Crippen molar-refractivity contribution >= 4 is 15.9 Å². The van der Waals surface area contributed by atoms with E-state index in [4.69, 9.17) is 4.99 Å². The van der Waals surface area contributed by atoms with Gasteiger partial charge in [0.1, 0.15) is 5.84 Å². The van der Waals surface area contributed by atoms with Gasteiger partial charge in [0.25, 0.3) is 10.0 Å². The van der Waals surface area contributed by atoms with Crippen molar-refractivity contribution in [1.29, 1.82) is 0 Å². The smallest absolute Gasteiger partial charge is 0.263 e. The molecule has 1 fully saturated rings.